The topological polar surface area (TPSA) is 75.9 Å². The summed E-state index contributed by atoms with van der Waals surface area (Å²) in [4.78, 5) is 26.9. The lowest BCUT2D eigenvalue weighted by molar-refractivity contribution is -0.119. The van der Waals surface area contributed by atoms with Crippen LogP contribution in [0.2, 0.25) is 0 Å². The molecule has 108 valence electrons. The summed E-state index contributed by atoms with van der Waals surface area (Å²) >= 11 is 0. The second-order valence-corrected chi connectivity index (χ2v) is 4.87. The quantitative estimate of drug-likeness (QED) is 0.836. The van der Waals surface area contributed by atoms with Gasteiger partial charge in [-0.3, -0.25) is 9.59 Å². The van der Waals surface area contributed by atoms with Crippen LogP contribution in [0.1, 0.15) is 10.4 Å². The number of rotatable bonds is 4. The van der Waals surface area contributed by atoms with Gasteiger partial charge in [0.05, 0.1) is 0 Å². The maximum Gasteiger partial charge on any atom is 0.255 e. The van der Waals surface area contributed by atoms with E-state index in [-0.39, 0.29) is 12.5 Å². The van der Waals surface area contributed by atoms with Crippen molar-refractivity contribution in [3.05, 3.63) is 29.8 Å². The molecule has 1 aliphatic rings. The average molecular weight is 277 g/mol. The van der Waals surface area contributed by atoms with Crippen molar-refractivity contribution < 1.29 is 14.3 Å². The fraction of sp³-hybridized carbons (Fsp3) is 0.429. The van der Waals surface area contributed by atoms with Gasteiger partial charge in [0.1, 0.15) is 5.75 Å². The van der Waals surface area contributed by atoms with Crippen molar-refractivity contribution in [2.75, 3.05) is 39.8 Å². The summed E-state index contributed by atoms with van der Waals surface area (Å²) in [6, 6.07) is 6.76. The molecule has 0 radical (unpaired) electrons. The number of nitrogens with two attached hydrogens (primary N) is 1. The van der Waals surface area contributed by atoms with Crippen LogP contribution in [0.5, 0.6) is 5.75 Å². The molecule has 6 heteroatoms. The molecular weight excluding hydrogens is 258 g/mol. The number of ether oxygens (including phenoxy) is 1. The van der Waals surface area contributed by atoms with Crippen molar-refractivity contribution in [1.29, 1.82) is 0 Å². The Balaban J connectivity index is 1.95. The molecule has 20 heavy (non-hydrogen) atoms. The second kappa shape index (κ2) is 6.38. The van der Waals surface area contributed by atoms with Crippen molar-refractivity contribution in [1.82, 2.24) is 9.80 Å². The average Bonchev–Trinajstić information content (AvgIpc) is 2.46. The van der Waals surface area contributed by atoms with Gasteiger partial charge in [-0.25, -0.2) is 0 Å². The number of hydrogen-bond donors (Lipinski definition) is 1. The highest BCUT2D eigenvalue weighted by Gasteiger charge is 2.20. The Bertz CT molecular complexity index is 479. The van der Waals surface area contributed by atoms with Crippen LogP contribution < -0.4 is 10.5 Å². The molecule has 1 aliphatic heterocycles. The van der Waals surface area contributed by atoms with E-state index in [1.807, 2.05) is 11.9 Å². The van der Waals surface area contributed by atoms with Gasteiger partial charge >= 0.3 is 0 Å². The summed E-state index contributed by atoms with van der Waals surface area (Å²) in [7, 11) is 2.05. The Morgan fingerprint density at radius 2 is 1.75 bits per heavy atom. The molecule has 0 aromatic heterocycles. The molecule has 1 heterocycles. The van der Waals surface area contributed by atoms with Crippen LogP contribution in [0.3, 0.4) is 0 Å². The molecular formula is C14H19N3O3. The van der Waals surface area contributed by atoms with Gasteiger partial charge in [0, 0.05) is 31.7 Å². The molecule has 2 rings (SSSR count). The van der Waals surface area contributed by atoms with Crippen LogP contribution in [0.4, 0.5) is 0 Å². The van der Waals surface area contributed by atoms with E-state index in [1.54, 1.807) is 24.3 Å². The van der Waals surface area contributed by atoms with Gasteiger partial charge < -0.3 is 20.3 Å². The van der Waals surface area contributed by atoms with E-state index < -0.39 is 5.91 Å². The van der Waals surface area contributed by atoms with Crippen LogP contribution in [-0.2, 0) is 4.79 Å². The molecule has 1 aromatic carbocycles. The molecule has 0 spiro atoms. The Kier molecular flexibility index (Phi) is 4.57. The number of amides is 2. The molecule has 1 fully saturated rings. The lowest BCUT2D eigenvalue weighted by atomic mass is 10.1. The van der Waals surface area contributed by atoms with Crippen LogP contribution in [0.25, 0.3) is 0 Å². The first-order chi connectivity index (χ1) is 9.56. The summed E-state index contributed by atoms with van der Waals surface area (Å²) in [5.41, 5.74) is 5.62. The van der Waals surface area contributed by atoms with Crippen LogP contribution in [-0.4, -0.2) is 61.4 Å². The molecule has 2 amide bonds. The zero-order chi connectivity index (χ0) is 14.5. The number of hydrogen-bond acceptors (Lipinski definition) is 4. The van der Waals surface area contributed by atoms with E-state index in [0.717, 1.165) is 26.2 Å². The van der Waals surface area contributed by atoms with Gasteiger partial charge in [-0.05, 0) is 31.3 Å². The van der Waals surface area contributed by atoms with Gasteiger partial charge in [0.15, 0.2) is 6.61 Å². The third kappa shape index (κ3) is 3.71. The van der Waals surface area contributed by atoms with Crippen LogP contribution >= 0.6 is 0 Å². The van der Waals surface area contributed by atoms with Crippen LogP contribution in [0.15, 0.2) is 24.3 Å². The Labute approximate surface area is 118 Å². The van der Waals surface area contributed by atoms with Crippen molar-refractivity contribution in [3.8, 4) is 5.75 Å². The largest absolute Gasteiger partial charge is 0.484 e. The summed E-state index contributed by atoms with van der Waals surface area (Å²) < 4.78 is 5.16. The Morgan fingerprint density at radius 3 is 2.30 bits per heavy atom. The first-order valence-corrected chi connectivity index (χ1v) is 6.55. The molecule has 0 atom stereocenters. The minimum atomic E-state index is -0.525. The van der Waals surface area contributed by atoms with Gasteiger partial charge in [0.25, 0.3) is 11.8 Å². The third-order valence-electron chi connectivity index (χ3n) is 3.27. The van der Waals surface area contributed by atoms with Gasteiger partial charge in [-0.1, -0.05) is 0 Å². The number of carbonyl (C=O) groups is 2. The first kappa shape index (κ1) is 14.3. The number of primary amides is 1. The first-order valence-electron chi connectivity index (χ1n) is 6.55. The molecule has 1 aromatic rings. The molecule has 6 nitrogen and oxygen atoms in total. The molecule has 2 N–H and O–H groups in total. The minimum absolute atomic E-state index is 0.0274. The normalized spacial score (nSPS) is 15.9. The lowest BCUT2D eigenvalue weighted by Crippen LogP contribution is -2.47. The predicted octanol–water partition coefficient (Wildman–Crippen LogP) is -0.0617. The summed E-state index contributed by atoms with van der Waals surface area (Å²) in [5.74, 6) is 0.0286. The van der Waals surface area contributed by atoms with Gasteiger partial charge in [0.2, 0.25) is 0 Å². The van der Waals surface area contributed by atoms with E-state index in [2.05, 4.69) is 4.90 Å². The van der Waals surface area contributed by atoms with Gasteiger partial charge in [-0.15, -0.1) is 0 Å². The highest BCUT2D eigenvalue weighted by Crippen LogP contribution is 2.14. The number of piperazine rings is 1. The SMILES string of the molecule is CN1CCN(C(=O)c2ccc(OCC(N)=O)cc2)CC1. The fourth-order valence-electron chi connectivity index (χ4n) is 2.04. The maximum atomic E-state index is 12.3. The standard InChI is InChI=1S/C14H19N3O3/c1-16-6-8-17(9-7-16)14(19)11-2-4-12(5-3-11)20-10-13(15)18/h2-5H,6-10H2,1H3,(H2,15,18). The number of likely N-dealkylation sites (N-methyl/N-ethyl adjacent to an activating group) is 1. The number of carbonyl (C=O) groups excluding carboxylic acids is 2. The molecule has 1 saturated heterocycles. The van der Waals surface area contributed by atoms with E-state index in [4.69, 9.17) is 10.5 Å². The van der Waals surface area contributed by atoms with Crippen molar-refractivity contribution >= 4 is 11.8 Å². The van der Waals surface area contributed by atoms with E-state index in [9.17, 15) is 9.59 Å². The Hall–Kier alpha value is -2.08. The second-order valence-electron chi connectivity index (χ2n) is 4.87. The highest BCUT2D eigenvalue weighted by atomic mass is 16.5. The zero-order valence-electron chi connectivity index (χ0n) is 11.5. The van der Waals surface area contributed by atoms with Crippen molar-refractivity contribution in [3.63, 3.8) is 0 Å². The minimum Gasteiger partial charge on any atom is -0.484 e. The predicted molar refractivity (Wildman–Crippen MR) is 74.5 cm³/mol. The Morgan fingerprint density at radius 1 is 1.15 bits per heavy atom. The molecule has 0 aliphatic carbocycles. The zero-order valence-corrected chi connectivity index (χ0v) is 11.5. The smallest absolute Gasteiger partial charge is 0.255 e. The summed E-state index contributed by atoms with van der Waals surface area (Å²) in [5, 5.41) is 0. The van der Waals surface area contributed by atoms with E-state index in [1.165, 1.54) is 0 Å². The summed E-state index contributed by atoms with van der Waals surface area (Å²) in [6.45, 7) is 3.12. The maximum absolute atomic E-state index is 12.3. The third-order valence-corrected chi connectivity index (χ3v) is 3.27. The fourth-order valence-corrected chi connectivity index (χ4v) is 2.04. The summed E-state index contributed by atoms with van der Waals surface area (Å²) in [6.07, 6.45) is 0. The molecule has 0 unspecified atom stereocenters. The lowest BCUT2D eigenvalue weighted by Gasteiger charge is -2.32. The number of nitrogens with zero attached hydrogens (tertiary/aromatic N) is 2. The van der Waals surface area contributed by atoms with E-state index >= 15 is 0 Å². The molecule has 0 saturated carbocycles. The van der Waals surface area contributed by atoms with Gasteiger partial charge in [-0.2, -0.15) is 0 Å². The van der Waals surface area contributed by atoms with Crippen molar-refractivity contribution in [2.45, 2.75) is 0 Å². The monoisotopic (exact) mass is 277 g/mol. The molecule has 0 bridgehead atoms. The van der Waals surface area contributed by atoms with E-state index in [0.29, 0.717) is 11.3 Å². The van der Waals surface area contributed by atoms with Crippen LogP contribution in [0, 0.1) is 0 Å². The number of benzene rings is 1. The highest BCUT2D eigenvalue weighted by molar-refractivity contribution is 5.94. The van der Waals surface area contributed by atoms with Crippen molar-refractivity contribution in [2.24, 2.45) is 5.73 Å².